The predicted octanol–water partition coefficient (Wildman–Crippen LogP) is 5.74. The molecule has 0 bridgehead atoms. The number of aromatic amines is 1. The van der Waals surface area contributed by atoms with Crippen LogP contribution in [0.1, 0.15) is 75.9 Å². The summed E-state index contributed by atoms with van der Waals surface area (Å²) in [5.41, 5.74) is 4.03. The Labute approximate surface area is 368 Å². The maximum atomic E-state index is 15.7. The number of aryl methyl sites for hydroxylation is 1. The van der Waals surface area contributed by atoms with E-state index in [1.54, 1.807) is 17.2 Å². The molecule has 3 fully saturated rings. The normalized spacial score (nSPS) is 19.7. The van der Waals surface area contributed by atoms with Gasteiger partial charge in [0.05, 0.1) is 11.3 Å². The number of hydrogen-bond donors (Lipinski definition) is 3. The third-order valence-electron chi connectivity index (χ3n) is 12.7. The van der Waals surface area contributed by atoms with Crippen molar-refractivity contribution in [3.8, 4) is 11.1 Å². The number of nitrogens with zero attached hydrogens (tertiary/aromatic N) is 5. The smallest absolute Gasteiger partial charge is 0.301 e. The van der Waals surface area contributed by atoms with Crippen molar-refractivity contribution in [1.82, 2.24) is 29.4 Å². The number of H-pyrrole nitrogens is 1. The molecule has 5 aromatic rings. The molecule has 4 aliphatic rings. The number of carbonyl (C=O) groups is 4. The number of unbranched alkanes of at least 4 members (excludes halogenated alkanes) is 2. The van der Waals surface area contributed by atoms with Crippen LogP contribution in [0.3, 0.4) is 0 Å². The third-order valence-corrected chi connectivity index (χ3v) is 14.2. The number of anilines is 2. The lowest BCUT2D eigenvalue weighted by Crippen LogP contribution is -2.52. The summed E-state index contributed by atoms with van der Waals surface area (Å²) in [6.07, 6.45) is 6.29. The van der Waals surface area contributed by atoms with Gasteiger partial charge in [0.25, 0.3) is 5.91 Å². The number of pyridine rings is 1. The fraction of sp³-hybridized carbons (Fsp3) is 0.370. The molecule has 0 radical (unpaired) electrons. The van der Waals surface area contributed by atoms with Gasteiger partial charge in [0.1, 0.15) is 23.7 Å². The summed E-state index contributed by atoms with van der Waals surface area (Å²) in [6.45, 7) is 4.52. The van der Waals surface area contributed by atoms with Gasteiger partial charge in [-0.05, 0) is 91.7 Å². The van der Waals surface area contributed by atoms with Crippen molar-refractivity contribution < 1.29 is 40.8 Å². The van der Waals surface area contributed by atoms with Crippen molar-refractivity contribution in [3.05, 3.63) is 113 Å². The number of fused-ring (bicyclic) bond motifs is 2. The number of halogens is 3. The highest BCUT2D eigenvalue weighted by molar-refractivity contribution is 7.90. The monoisotopic (exact) mass is 896 g/mol. The van der Waals surface area contributed by atoms with E-state index in [1.165, 1.54) is 11.8 Å². The topological polar surface area (TPSA) is 168 Å². The molecule has 0 spiro atoms. The van der Waals surface area contributed by atoms with Crippen molar-refractivity contribution in [2.75, 3.05) is 55.4 Å². The number of nitrogens with one attached hydrogen (secondary N) is 3. The molecule has 4 aliphatic heterocycles. The molecular weight excluding hydrogens is 850 g/mol. The zero-order chi connectivity index (χ0) is 44.7. The van der Waals surface area contributed by atoms with Gasteiger partial charge in [-0.2, -0.15) is 12.7 Å². The molecule has 0 saturated carbocycles. The molecule has 334 valence electrons. The van der Waals surface area contributed by atoms with Gasteiger partial charge in [-0.25, -0.2) is 18.2 Å². The largest absolute Gasteiger partial charge is 0.369 e. The Hall–Kier alpha value is -6.11. The summed E-state index contributed by atoms with van der Waals surface area (Å²) < 4.78 is 73.0. The van der Waals surface area contributed by atoms with Crippen LogP contribution in [-0.2, 0) is 32.8 Å². The van der Waals surface area contributed by atoms with E-state index in [4.69, 9.17) is 0 Å². The Morgan fingerprint density at radius 3 is 2.44 bits per heavy atom. The highest BCUT2D eigenvalue weighted by Gasteiger charge is 2.39. The number of imide groups is 1. The van der Waals surface area contributed by atoms with E-state index in [0.29, 0.717) is 35.1 Å². The predicted molar refractivity (Wildman–Crippen MR) is 234 cm³/mol. The molecule has 14 nitrogen and oxygen atoms in total. The summed E-state index contributed by atoms with van der Waals surface area (Å²) in [7, 11) is -4.35. The van der Waals surface area contributed by atoms with Crippen LogP contribution in [0.2, 0.25) is 0 Å². The molecule has 2 atom stereocenters. The SMILES string of the molecule is O=C1CCC(N2Cc3cc(CCCCCN4CCN(c5ccc(-c6cnc7[nH]cc(C(=O)c8c(F)ccc(NS(=O)(=O)N9CC[C@@H](F)C9)c8F)c7c6)cc5)CC4)ccc3C2=O)C(=O)N1. The number of amides is 3. The summed E-state index contributed by atoms with van der Waals surface area (Å²) in [5, 5.41) is 2.68. The Morgan fingerprint density at radius 2 is 1.69 bits per heavy atom. The second-order valence-electron chi connectivity index (χ2n) is 16.9. The number of piperidine rings is 1. The fourth-order valence-corrected chi connectivity index (χ4v) is 10.4. The average Bonchev–Trinajstić information content (AvgIpc) is 4.01. The minimum absolute atomic E-state index is 0.00386. The zero-order valence-corrected chi connectivity index (χ0v) is 35.7. The number of piperazine rings is 1. The lowest BCUT2D eigenvalue weighted by molar-refractivity contribution is -0.136. The van der Waals surface area contributed by atoms with E-state index >= 15 is 8.78 Å². The van der Waals surface area contributed by atoms with Crippen LogP contribution < -0.4 is 14.9 Å². The Balaban J connectivity index is 0.759. The molecular formula is C46H47F3N8O6S. The van der Waals surface area contributed by atoms with Gasteiger partial charge >= 0.3 is 10.2 Å². The Kier molecular flexibility index (Phi) is 12.0. The Morgan fingerprint density at radius 1 is 0.891 bits per heavy atom. The first kappa shape index (κ1) is 43.2. The van der Waals surface area contributed by atoms with Crippen LogP contribution in [0.4, 0.5) is 24.5 Å². The van der Waals surface area contributed by atoms with Gasteiger partial charge in [-0.15, -0.1) is 0 Å². The molecule has 3 N–H and O–H groups in total. The summed E-state index contributed by atoms with van der Waals surface area (Å²) in [4.78, 5) is 64.4. The summed E-state index contributed by atoms with van der Waals surface area (Å²) >= 11 is 0. The average molecular weight is 897 g/mol. The van der Waals surface area contributed by atoms with Crippen molar-refractivity contribution in [1.29, 1.82) is 0 Å². The van der Waals surface area contributed by atoms with Gasteiger partial charge in [-0.3, -0.25) is 34.1 Å². The van der Waals surface area contributed by atoms with Crippen LogP contribution in [0.5, 0.6) is 0 Å². The molecule has 64 heavy (non-hydrogen) atoms. The van der Waals surface area contributed by atoms with Gasteiger partial charge in [-0.1, -0.05) is 30.7 Å². The first-order valence-electron chi connectivity index (χ1n) is 21.6. The minimum atomic E-state index is -4.35. The van der Waals surface area contributed by atoms with Crippen molar-refractivity contribution in [2.24, 2.45) is 0 Å². The number of ketones is 1. The molecule has 6 heterocycles. The van der Waals surface area contributed by atoms with Gasteiger partial charge < -0.3 is 14.8 Å². The number of rotatable bonds is 14. The standard InChI is InChI=1S/C46H47F3N8O6S/c47-32-15-17-56(27-32)64(62,63)53-38-12-11-37(48)41(42(38)49)43(59)36-25-51-44-35(36)23-30(24-50-44)29-6-8-33(9-7-29)55-20-18-54(19-21-55)16-3-1-2-4-28-5-10-34-31(22-28)26-57(46(34)61)39-13-14-40(58)52-45(39)60/h5-12,22-25,32,39,53H,1-4,13-21,26-27H2,(H,50,51)(H,52,58,60)/t32-,39?/m1/s1. The number of hydrogen-bond acceptors (Lipinski definition) is 9. The Bertz CT molecular complexity index is 2760. The first-order chi connectivity index (χ1) is 30.8. The number of aromatic nitrogens is 2. The fourth-order valence-electron chi connectivity index (χ4n) is 9.15. The van der Waals surface area contributed by atoms with Gasteiger partial charge in [0.15, 0.2) is 5.82 Å². The van der Waals surface area contributed by atoms with E-state index in [2.05, 4.69) is 31.2 Å². The van der Waals surface area contributed by atoms with Crippen LogP contribution in [0, 0.1) is 11.6 Å². The molecule has 9 rings (SSSR count). The number of alkyl halides is 1. The minimum Gasteiger partial charge on any atom is -0.369 e. The molecule has 1 unspecified atom stereocenters. The maximum Gasteiger partial charge on any atom is 0.301 e. The van der Waals surface area contributed by atoms with Gasteiger partial charge in [0.2, 0.25) is 17.6 Å². The lowest BCUT2D eigenvalue weighted by Gasteiger charge is -2.36. The van der Waals surface area contributed by atoms with E-state index in [1.807, 2.05) is 41.1 Å². The number of carbonyl (C=O) groups excluding carboxylic acids is 4. The second-order valence-corrected chi connectivity index (χ2v) is 18.5. The molecule has 3 saturated heterocycles. The zero-order valence-electron chi connectivity index (χ0n) is 34.9. The lowest BCUT2D eigenvalue weighted by atomic mass is 9.99. The molecule has 3 amide bonds. The van der Waals surface area contributed by atoms with Gasteiger partial charge in [0, 0.05) is 92.4 Å². The summed E-state index contributed by atoms with van der Waals surface area (Å²) in [5.74, 6) is -4.41. The molecule has 18 heteroatoms. The summed E-state index contributed by atoms with van der Waals surface area (Å²) in [6, 6.07) is 16.7. The molecule has 2 aromatic heterocycles. The quantitative estimate of drug-likeness (QED) is 0.0716. The van der Waals surface area contributed by atoms with Crippen molar-refractivity contribution >= 4 is 56.1 Å². The highest BCUT2D eigenvalue weighted by atomic mass is 32.2. The second kappa shape index (κ2) is 17.8. The van der Waals surface area contributed by atoms with Crippen molar-refractivity contribution in [3.63, 3.8) is 0 Å². The van der Waals surface area contributed by atoms with Crippen LogP contribution in [-0.4, -0.2) is 114 Å². The number of benzene rings is 3. The molecule has 0 aliphatic carbocycles. The van der Waals surface area contributed by atoms with E-state index < -0.39 is 57.0 Å². The van der Waals surface area contributed by atoms with Crippen LogP contribution in [0.15, 0.2) is 73.1 Å². The van der Waals surface area contributed by atoms with E-state index in [0.717, 1.165) is 91.7 Å². The first-order valence-corrected chi connectivity index (χ1v) is 23.0. The van der Waals surface area contributed by atoms with E-state index in [-0.39, 0.29) is 43.3 Å². The maximum absolute atomic E-state index is 15.7. The van der Waals surface area contributed by atoms with Crippen LogP contribution >= 0.6 is 0 Å². The van der Waals surface area contributed by atoms with Crippen LogP contribution in [0.25, 0.3) is 22.2 Å². The third kappa shape index (κ3) is 8.73. The molecule has 3 aromatic carbocycles. The highest BCUT2D eigenvalue weighted by Crippen LogP contribution is 2.32. The van der Waals surface area contributed by atoms with Crippen molar-refractivity contribution in [2.45, 2.75) is 63.7 Å². The van der Waals surface area contributed by atoms with E-state index in [9.17, 15) is 32.0 Å².